The second-order valence-electron chi connectivity index (χ2n) is 9.88. The van der Waals surface area contributed by atoms with Crippen LogP contribution in [0.3, 0.4) is 0 Å². The highest BCUT2D eigenvalue weighted by atomic mass is 35.5. The highest BCUT2D eigenvalue weighted by molar-refractivity contribution is 7.93. The average molecular weight is 577 g/mol. The number of hydrogen-bond donors (Lipinski definition) is 0. The molecule has 0 heterocycles. The SMILES string of the molecule is C=P(c1ccccc1)(c1ccccc1)c1ccccc1.CC(C)[C@@H](C=O)N(C)C(=O)OC(C)(C)C.ClCCl. The zero-order valence-corrected chi connectivity index (χ0v) is 25.6. The van der Waals surface area contributed by atoms with Gasteiger partial charge >= 0.3 is 6.09 Å². The van der Waals surface area contributed by atoms with E-state index in [1.807, 2.05) is 13.8 Å². The third-order valence-electron chi connectivity index (χ3n) is 5.54. The summed E-state index contributed by atoms with van der Waals surface area (Å²) in [5.74, 6) is 0.0834. The average Bonchev–Trinajstić information content (AvgIpc) is 2.90. The minimum atomic E-state index is -1.78. The van der Waals surface area contributed by atoms with E-state index in [1.54, 1.807) is 27.8 Å². The fourth-order valence-electron chi connectivity index (χ4n) is 3.65. The van der Waals surface area contributed by atoms with Gasteiger partial charge in [0.1, 0.15) is 11.9 Å². The lowest BCUT2D eigenvalue weighted by molar-refractivity contribution is -0.113. The molecular weight excluding hydrogens is 536 g/mol. The van der Waals surface area contributed by atoms with E-state index in [4.69, 9.17) is 34.2 Å². The predicted molar refractivity (Wildman–Crippen MR) is 168 cm³/mol. The van der Waals surface area contributed by atoms with E-state index in [0.717, 1.165) is 6.29 Å². The highest BCUT2D eigenvalue weighted by Gasteiger charge is 2.26. The lowest BCUT2D eigenvalue weighted by Crippen LogP contribution is -2.44. The molecule has 3 aromatic carbocycles. The van der Waals surface area contributed by atoms with E-state index in [2.05, 4.69) is 91.0 Å². The molecule has 4 nitrogen and oxygen atoms in total. The van der Waals surface area contributed by atoms with Gasteiger partial charge in [0.15, 0.2) is 0 Å². The number of alkyl halides is 2. The molecule has 0 saturated heterocycles. The highest BCUT2D eigenvalue weighted by Crippen LogP contribution is 2.41. The third-order valence-corrected chi connectivity index (χ3v) is 9.08. The van der Waals surface area contributed by atoms with Crippen molar-refractivity contribution in [3.63, 3.8) is 0 Å². The van der Waals surface area contributed by atoms with E-state index >= 15 is 0 Å². The van der Waals surface area contributed by atoms with Crippen molar-refractivity contribution in [1.82, 2.24) is 4.90 Å². The molecule has 38 heavy (non-hydrogen) atoms. The lowest BCUT2D eigenvalue weighted by Gasteiger charge is -2.29. The van der Waals surface area contributed by atoms with E-state index in [9.17, 15) is 9.59 Å². The number of amides is 1. The van der Waals surface area contributed by atoms with E-state index in [1.165, 1.54) is 20.8 Å². The summed E-state index contributed by atoms with van der Waals surface area (Å²) in [6, 6.07) is 31.5. The van der Waals surface area contributed by atoms with Gasteiger partial charge in [-0.25, -0.2) is 4.79 Å². The van der Waals surface area contributed by atoms with Crippen LogP contribution in [-0.4, -0.2) is 47.6 Å². The number of likely N-dealkylation sites (N-methyl/N-ethyl adjacent to an activating group) is 1. The van der Waals surface area contributed by atoms with Gasteiger partial charge in [-0.15, -0.1) is 23.2 Å². The van der Waals surface area contributed by atoms with Crippen LogP contribution in [0.25, 0.3) is 0 Å². The molecule has 3 aromatic rings. The molecule has 0 saturated carbocycles. The maximum atomic E-state index is 11.6. The normalized spacial score (nSPS) is 11.7. The van der Waals surface area contributed by atoms with Crippen LogP contribution in [0, 0.1) is 5.92 Å². The molecule has 0 aliphatic heterocycles. The first-order chi connectivity index (χ1) is 17.9. The summed E-state index contributed by atoms with van der Waals surface area (Å²) in [6.45, 7) is 7.39. The minimum absolute atomic E-state index is 0.0834. The molecule has 1 amide bonds. The van der Waals surface area contributed by atoms with Crippen LogP contribution in [-0.2, 0) is 9.53 Å². The Morgan fingerprint density at radius 3 is 1.42 bits per heavy atom. The van der Waals surface area contributed by atoms with E-state index in [-0.39, 0.29) is 11.3 Å². The molecule has 0 aliphatic rings. The summed E-state index contributed by atoms with van der Waals surface area (Å²) in [5, 5.41) is 4.15. The van der Waals surface area contributed by atoms with Gasteiger partial charge in [-0.05, 0) is 49.5 Å². The number of benzene rings is 3. The first kappa shape index (κ1) is 33.5. The topological polar surface area (TPSA) is 46.6 Å². The summed E-state index contributed by atoms with van der Waals surface area (Å²) in [7, 11) is 1.58. The number of halogens is 2. The van der Waals surface area contributed by atoms with Crippen molar-refractivity contribution in [2.75, 3.05) is 12.4 Å². The molecule has 1 atom stereocenters. The lowest BCUT2D eigenvalue weighted by atomic mass is 10.1. The Bertz CT molecular complexity index is 1030. The summed E-state index contributed by atoms with van der Waals surface area (Å²) in [4.78, 5) is 23.8. The quantitative estimate of drug-likeness (QED) is 0.182. The van der Waals surface area contributed by atoms with Crippen LogP contribution in [0.1, 0.15) is 34.6 Å². The fraction of sp³-hybridized carbons (Fsp3) is 0.323. The number of aldehydes is 1. The van der Waals surface area contributed by atoms with Gasteiger partial charge in [0.25, 0.3) is 0 Å². The first-order valence-corrected chi connectivity index (χ1v) is 15.4. The molecule has 7 heteroatoms. The van der Waals surface area contributed by atoms with Crippen molar-refractivity contribution in [3.8, 4) is 0 Å². The molecule has 3 rings (SSSR count). The second kappa shape index (κ2) is 16.4. The number of carbonyl (C=O) groups excluding carboxylic acids is 2. The van der Waals surface area contributed by atoms with Crippen molar-refractivity contribution in [2.24, 2.45) is 5.92 Å². The van der Waals surface area contributed by atoms with Gasteiger partial charge in [0.2, 0.25) is 0 Å². The van der Waals surface area contributed by atoms with Crippen LogP contribution in [0.5, 0.6) is 0 Å². The Labute approximate surface area is 238 Å². The van der Waals surface area contributed by atoms with Gasteiger partial charge in [0.05, 0.1) is 11.4 Å². The van der Waals surface area contributed by atoms with Gasteiger partial charge in [-0.3, -0.25) is 0 Å². The van der Waals surface area contributed by atoms with Gasteiger partial charge in [-0.1, -0.05) is 111 Å². The van der Waals surface area contributed by atoms with Crippen LogP contribution in [0.4, 0.5) is 4.79 Å². The molecule has 0 radical (unpaired) electrons. The summed E-state index contributed by atoms with van der Waals surface area (Å²) in [5.41, 5.74) is -0.532. The van der Waals surface area contributed by atoms with E-state index in [0.29, 0.717) is 0 Å². The summed E-state index contributed by atoms with van der Waals surface area (Å²) < 4.78 is 5.16. The standard InChI is InChI=1S/C19H17P.C11H21NO3.CH2Cl2/c1-20(17-11-5-2-6-12-17,18-13-7-3-8-14-18)19-15-9-4-10-16-19;1-8(2)9(7-13)12(6)10(14)15-11(3,4)5;2-1-3/h2-16H,1H2;7-9H,1-6H3;1H2/t;9-;/m.1./s1. The first-order valence-electron chi connectivity index (χ1n) is 12.4. The molecular formula is C31H40Cl2NO3P. The molecule has 0 unspecified atom stereocenters. The van der Waals surface area contributed by atoms with Crippen molar-refractivity contribution in [3.05, 3.63) is 91.0 Å². The summed E-state index contributed by atoms with van der Waals surface area (Å²) >= 11 is 9.53. The van der Waals surface area contributed by atoms with Crippen LogP contribution in [0.15, 0.2) is 91.0 Å². The zero-order valence-electron chi connectivity index (χ0n) is 23.2. The Kier molecular flexibility index (Phi) is 14.5. The second-order valence-corrected chi connectivity index (χ2v) is 13.9. The number of rotatable bonds is 6. The van der Waals surface area contributed by atoms with Crippen molar-refractivity contribution < 1.29 is 14.3 Å². The van der Waals surface area contributed by atoms with Crippen LogP contribution >= 0.6 is 30.1 Å². The maximum absolute atomic E-state index is 11.6. The smallest absolute Gasteiger partial charge is 0.410 e. The van der Waals surface area contributed by atoms with Crippen molar-refractivity contribution >= 4 is 64.7 Å². The van der Waals surface area contributed by atoms with Gasteiger partial charge < -0.3 is 14.4 Å². The molecule has 0 N–H and O–H groups in total. The monoisotopic (exact) mass is 575 g/mol. The van der Waals surface area contributed by atoms with Crippen LogP contribution in [0.2, 0.25) is 0 Å². The molecule has 0 fully saturated rings. The summed E-state index contributed by atoms with van der Waals surface area (Å²) in [6.07, 6.45) is 5.00. The molecule has 206 valence electrons. The van der Waals surface area contributed by atoms with Gasteiger partial charge in [-0.2, -0.15) is 0 Å². The number of ether oxygens (including phenoxy) is 1. The Hall–Kier alpha value is -2.52. The number of hydrogen-bond acceptors (Lipinski definition) is 3. The Morgan fingerprint density at radius 1 is 0.868 bits per heavy atom. The zero-order chi connectivity index (χ0) is 28.8. The number of nitrogens with zero attached hydrogens (tertiary/aromatic N) is 1. The molecule has 0 spiro atoms. The van der Waals surface area contributed by atoms with Gasteiger partial charge in [0, 0.05) is 7.05 Å². The Morgan fingerprint density at radius 2 is 1.18 bits per heavy atom. The largest absolute Gasteiger partial charge is 0.444 e. The fourth-order valence-corrected chi connectivity index (χ4v) is 6.58. The molecule has 0 aromatic heterocycles. The third kappa shape index (κ3) is 10.3. The van der Waals surface area contributed by atoms with Crippen LogP contribution < -0.4 is 15.9 Å². The van der Waals surface area contributed by atoms with Crippen molar-refractivity contribution in [1.29, 1.82) is 0 Å². The Balaban J connectivity index is 0.000000359. The molecule has 0 aliphatic carbocycles. The predicted octanol–water partition coefficient (Wildman–Crippen LogP) is 6.91. The number of carbonyl (C=O) groups is 2. The molecule has 0 bridgehead atoms. The minimum Gasteiger partial charge on any atom is -0.444 e. The van der Waals surface area contributed by atoms with E-state index < -0.39 is 24.6 Å². The maximum Gasteiger partial charge on any atom is 0.410 e. The van der Waals surface area contributed by atoms with Crippen molar-refractivity contribution in [2.45, 2.75) is 46.3 Å².